The minimum Gasteiger partial charge on any atom is -0.492 e. The Hall–Kier alpha value is -2.43. The number of alkyl halides is 3. The number of hydrogen-bond donors (Lipinski definition) is 1. The molecule has 0 aromatic heterocycles. The monoisotopic (exact) mass is 413 g/mol. The lowest BCUT2D eigenvalue weighted by Crippen LogP contribution is -2.24. The number of halogens is 3. The van der Waals surface area contributed by atoms with Gasteiger partial charge in [0, 0.05) is 11.5 Å². The summed E-state index contributed by atoms with van der Waals surface area (Å²) in [7, 11) is -4.22. The van der Waals surface area contributed by atoms with Crippen molar-refractivity contribution < 1.29 is 44.1 Å². The Morgan fingerprint density at radius 1 is 1.31 bits per heavy atom. The van der Waals surface area contributed by atoms with Crippen LogP contribution in [0.3, 0.4) is 0 Å². The number of terminal acetylenes is 1. The molecule has 8 nitrogen and oxygen atoms in total. The third kappa shape index (κ3) is 8.10. The average Bonchev–Trinajstić information content (AvgIpc) is 2.53. The van der Waals surface area contributed by atoms with Gasteiger partial charge in [-0.05, 0) is 24.3 Å². The van der Waals surface area contributed by atoms with Crippen LogP contribution in [-0.2, 0) is 23.4 Å². The molecular weight excluding hydrogens is 403 g/mol. The van der Waals surface area contributed by atoms with Crippen LogP contribution in [-0.4, -0.2) is 43.2 Å². The second-order valence-electron chi connectivity index (χ2n) is 4.25. The predicted molar refractivity (Wildman–Crippen MR) is 84.5 cm³/mol. The van der Waals surface area contributed by atoms with Crippen LogP contribution in [0.4, 0.5) is 13.2 Å². The Morgan fingerprint density at radius 2 is 1.92 bits per heavy atom. The van der Waals surface area contributed by atoms with E-state index in [0.29, 0.717) is 0 Å². The fraction of sp³-hybridized carbons (Fsp3) is 0.231. The predicted octanol–water partition coefficient (Wildman–Crippen LogP) is 1.98. The van der Waals surface area contributed by atoms with E-state index in [0.717, 1.165) is 24.3 Å². The molecule has 0 aliphatic heterocycles. The number of benzene rings is 1. The van der Waals surface area contributed by atoms with Crippen molar-refractivity contribution in [2.24, 2.45) is 5.16 Å². The van der Waals surface area contributed by atoms with Crippen LogP contribution in [0, 0.1) is 12.3 Å². The van der Waals surface area contributed by atoms with E-state index >= 15 is 0 Å². The first-order chi connectivity index (χ1) is 12.0. The standard InChI is InChI=1S/C13H10F3NO7S2/c1-2-11(18)23-25-24-17-12(13(14,15)16)9-3-5-10(6-4-9)22-7-8-26(19,20)21/h1,3-6H,7-8H2,(H,19,20,21). The van der Waals surface area contributed by atoms with Gasteiger partial charge in [-0.3, -0.25) is 8.84 Å². The molecule has 0 bridgehead atoms. The van der Waals surface area contributed by atoms with Crippen LogP contribution in [0.1, 0.15) is 5.56 Å². The maximum absolute atomic E-state index is 13.0. The molecule has 1 aromatic rings. The van der Waals surface area contributed by atoms with Gasteiger partial charge in [0.1, 0.15) is 18.1 Å². The fourth-order valence-corrected chi connectivity index (χ4v) is 1.90. The van der Waals surface area contributed by atoms with Crippen LogP contribution in [0.5, 0.6) is 5.75 Å². The second-order valence-corrected chi connectivity index (χ2v) is 6.28. The van der Waals surface area contributed by atoms with E-state index in [-0.39, 0.29) is 18.1 Å². The van der Waals surface area contributed by atoms with Gasteiger partial charge in [-0.15, -0.1) is 6.42 Å². The highest BCUT2D eigenvalue weighted by Gasteiger charge is 2.38. The van der Waals surface area contributed by atoms with E-state index in [1.165, 1.54) is 0 Å². The van der Waals surface area contributed by atoms with E-state index in [2.05, 4.69) is 20.0 Å². The first-order valence-electron chi connectivity index (χ1n) is 6.37. The van der Waals surface area contributed by atoms with Gasteiger partial charge < -0.3 is 8.92 Å². The topological polar surface area (TPSA) is 111 Å². The molecule has 0 unspecified atom stereocenters. The SMILES string of the molecule is C#CC(=O)OSON=C(c1ccc(OCCS(=O)(=O)O)cc1)C(F)(F)F. The molecule has 1 rings (SSSR count). The van der Waals surface area contributed by atoms with Crippen LogP contribution in [0.2, 0.25) is 0 Å². The lowest BCUT2D eigenvalue weighted by atomic mass is 10.1. The summed E-state index contributed by atoms with van der Waals surface area (Å²) in [6, 6.07) is 4.26. The highest BCUT2D eigenvalue weighted by atomic mass is 32.2. The zero-order valence-corrected chi connectivity index (χ0v) is 14.2. The molecule has 1 aromatic carbocycles. The Morgan fingerprint density at radius 3 is 2.42 bits per heavy atom. The Kier molecular flexibility index (Phi) is 7.75. The molecule has 0 amide bonds. The van der Waals surface area contributed by atoms with Gasteiger partial charge in [-0.1, -0.05) is 5.16 Å². The van der Waals surface area contributed by atoms with Crippen molar-refractivity contribution in [1.82, 2.24) is 0 Å². The molecule has 0 fully saturated rings. The van der Waals surface area contributed by atoms with Gasteiger partial charge in [0.15, 0.2) is 5.71 Å². The summed E-state index contributed by atoms with van der Waals surface area (Å²) < 4.78 is 82.0. The van der Waals surface area contributed by atoms with Crippen molar-refractivity contribution in [3.05, 3.63) is 29.8 Å². The quantitative estimate of drug-likeness (QED) is 0.172. The summed E-state index contributed by atoms with van der Waals surface area (Å²) >= 11 is -0.143. The van der Waals surface area contributed by atoms with Gasteiger partial charge >= 0.3 is 24.5 Å². The molecule has 0 heterocycles. The number of nitrogens with zero attached hydrogens (tertiary/aromatic N) is 1. The highest BCUT2D eigenvalue weighted by Crippen LogP contribution is 2.25. The highest BCUT2D eigenvalue weighted by molar-refractivity contribution is 7.90. The zero-order valence-electron chi connectivity index (χ0n) is 12.6. The number of carbonyl (C=O) groups is 1. The number of oxime groups is 1. The van der Waals surface area contributed by atoms with Crippen molar-refractivity contribution in [3.63, 3.8) is 0 Å². The van der Waals surface area contributed by atoms with Gasteiger partial charge in [0.25, 0.3) is 10.1 Å². The third-order valence-electron chi connectivity index (χ3n) is 2.39. The molecule has 0 spiro atoms. The van der Waals surface area contributed by atoms with E-state index < -0.39 is 45.9 Å². The van der Waals surface area contributed by atoms with Crippen LogP contribution in [0.15, 0.2) is 29.4 Å². The molecule has 142 valence electrons. The molecule has 26 heavy (non-hydrogen) atoms. The van der Waals surface area contributed by atoms with Gasteiger partial charge in [0.05, 0.1) is 0 Å². The molecule has 0 radical (unpaired) electrons. The van der Waals surface area contributed by atoms with Gasteiger partial charge in [-0.25, -0.2) is 4.79 Å². The fourth-order valence-electron chi connectivity index (χ4n) is 1.36. The molecule has 13 heteroatoms. The van der Waals surface area contributed by atoms with Crippen molar-refractivity contribution in [2.75, 3.05) is 12.4 Å². The maximum Gasteiger partial charge on any atom is 0.437 e. The molecule has 0 saturated carbocycles. The van der Waals surface area contributed by atoms with Crippen molar-refractivity contribution >= 4 is 34.1 Å². The summed E-state index contributed by atoms with van der Waals surface area (Å²) in [5.74, 6) is -0.223. The second kappa shape index (κ2) is 9.32. The van der Waals surface area contributed by atoms with Crippen LogP contribution < -0.4 is 4.74 Å². The molecule has 0 saturated heterocycles. The molecule has 0 atom stereocenters. The van der Waals surface area contributed by atoms with E-state index in [1.54, 1.807) is 5.92 Å². The number of hydrogen-bond acceptors (Lipinski definition) is 8. The summed E-state index contributed by atoms with van der Waals surface area (Å²) in [4.78, 5) is 10.6. The van der Waals surface area contributed by atoms with Crippen LogP contribution >= 0.6 is 12.3 Å². The van der Waals surface area contributed by atoms with E-state index in [4.69, 9.17) is 9.29 Å². The first-order valence-corrected chi connectivity index (χ1v) is 8.65. The number of rotatable bonds is 8. The Bertz CT molecular complexity index is 799. The van der Waals surface area contributed by atoms with Gasteiger partial charge in [-0.2, -0.15) is 21.6 Å². The summed E-state index contributed by atoms with van der Waals surface area (Å²) in [6.07, 6.45) is -0.206. The average molecular weight is 413 g/mol. The smallest absolute Gasteiger partial charge is 0.437 e. The van der Waals surface area contributed by atoms with E-state index in [1.807, 2.05) is 0 Å². The largest absolute Gasteiger partial charge is 0.492 e. The first kappa shape index (κ1) is 21.6. The van der Waals surface area contributed by atoms with Crippen molar-refractivity contribution in [3.8, 4) is 18.1 Å². The molecular formula is C13H10F3NO7S2. The van der Waals surface area contributed by atoms with Crippen molar-refractivity contribution in [1.29, 1.82) is 0 Å². The molecule has 0 aliphatic rings. The lowest BCUT2D eigenvalue weighted by molar-refractivity contribution is -0.127. The Labute approximate surface area is 150 Å². The zero-order chi connectivity index (χ0) is 19.8. The minimum absolute atomic E-state index is 0.0668. The summed E-state index contributed by atoms with van der Waals surface area (Å²) in [6.45, 7) is -0.390. The van der Waals surface area contributed by atoms with Crippen LogP contribution in [0.25, 0.3) is 0 Å². The number of carbonyl (C=O) groups excluding carboxylic acids is 1. The normalized spacial score (nSPS) is 12.2. The van der Waals surface area contributed by atoms with Crippen molar-refractivity contribution in [2.45, 2.75) is 6.18 Å². The summed E-state index contributed by atoms with van der Waals surface area (Å²) in [5, 5.41) is 2.85. The Balaban J connectivity index is 2.79. The van der Waals surface area contributed by atoms with Gasteiger partial charge in [0.2, 0.25) is 0 Å². The number of ether oxygens (including phenoxy) is 1. The molecule has 1 N–H and O–H groups in total. The maximum atomic E-state index is 13.0. The third-order valence-corrected chi connectivity index (χ3v) is 3.43. The van der Waals surface area contributed by atoms with E-state index in [9.17, 15) is 26.4 Å². The minimum atomic E-state index is -4.88. The summed E-state index contributed by atoms with van der Waals surface area (Å²) in [5.41, 5.74) is -1.82. The lowest BCUT2D eigenvalue weighted by Gasteiger charge is -2.10. The molecule has 0 aliphatic carbocycles.